The van der Waals surface area contributed by atoms with E-state index in [1.54, 1.807) is 6.92 Å². The molecule has 0 saturated carbocycles. The molecule has 0 aromatic carbocycles. The summed E-state index contributed by atoms with van der Waals surface area (Å²) >= 11 is 0. The Morgan fingerprint density at radius 1 is 1.69 bits per heavy atom. The standard InChI is InChI=1S/C9H17NO3/c1-7(6-11)10-9(12)8-4-2-3-5-13-8/h7-8,11H,2-6H2,1H3,(H,10,12)/t7-,8?/m0/s1. The lowest BCUT2D eigenvalue weighted by molar-refractivity contribution is -0.136. The fraction of sp³-hybridized carbons (Fsp3) is 0.889. The molecule has 0 radical (unpaired) electrons. The Balaban J connectivity index is 2.29. The maximum Gasteiger partial charge on any atom is 0.249 e. The molecule has 1 aliphatic rings. The molecule has 4 nitrogen and oxygen atoms in total. The normalized spacial score (nSPS) is 25.2. The maximum absolute atomic E-state index is 11.4. The third-order valence-corrected chi connectivity index (χ3v) is 2.13. The molecule has 2 atom stereocenters. The van der Waals surface area contributed by atoms with Crippen LogP contribution in [0, 0.1) is 0 Å². The highest BCUT2D eigenvalue weighted by atomic mass is 16.5. The van der Waals surface area contributed by atoms with Crippen LogP contribution in [0.4, 0.5) is 0 Å². The minimum Gasteiger partial charge on any atom is -0.394 e. The van der Waals surface area contributed by atoms with Crippen molar-refractivity contribution in [3.8, 4) is 0 Å². The number of hydrogen-bond acceptors (Lipinski definition) is 3. The quantitative estimate of drug-likeness (QED) is 0.656. The van der Waals surface area contributed by atoms with E-state index in [2.05, 4.69) is 5.32 Å². The summed E-state index contributed by atoms with van der Waals surface area (Å²) in [6.07, 6.45) is 2.58. The second kappa shape index (κ2) is 5.19. The molecule has 0 spiro atoms. The average molecular weight is 187 g/mol. The molecule has 76 valence electrons. The molecule has 1 rings (SSSR count). The number of nitrogens with one attached hydrogen (secondary N) is 1. The SMILES string of the molecule is C[C@@H](CO)NC(=O)C1CCCCO1. The van der Waals surface area contributed by atoms with Crippen molar-refractivity contribution in [2.75, 3.05) is 13.2 Å². The number of aliphatic hydroxyl groups is 1. The molecule has 4 heteroatoms. The van der Waals surface area contributed by atoms with E-state index in [0.29, 0.717) is 6.61 Å². The van der Waals surface area contributed by atoms with Gasteiger partial charge in [0.25, 0.3) is 0 Å². The van der Waals surface area contributed by atoms with Crippen molar-refractivity contribution in [2.24, 2.45) is 0 Å². The number of hydrogen-bond donors (Lipinski definition) is 2. The Kier molecular flexibility index (Phi) is 4.18. The van der Waals surface area contributed by atoms with Crippen molar-refractivity contribution in [3.63, 3.8) is 0 Å². The summed E-state index contributed by atoms with van der Waals surface area (Å²) in [6.45, 7) is 2.41. The Morgan fingerprint density at radius 2 is 2.46 bits per heavy atom. The van der Waals surface area contributed by atoms with E-state index in [9.17, 15) is 4.79 Å². The van der Waals surface area contributed by atoms with Gasteiger partial charge in [-0.05, 0) is 26.2 Å². The zero-order valence-electron chi connectivity index (χ0n) is 7.95. The average Bonchev–Trinajstić information content (AvgIpc) is 2.19. The van der Waals surface area contributed by atoms with Crippen LogP contribution < -0.4 is 5.32 Å². The molecule has 1 heterocycles. The van der Waals surface area contributed by atoms with Gasteiger partial charge in [-0.1, -0.05) is 0 Å². The molecule has 1 amide bonds. The van der Waals surface area contributed by atoms with Crippen molar-refractivity contribution < 1.29 is 14.6 Å². The highest BCUT2D eigenvalue weighted by Crippen LogP contribution is 2.12. The van der Waals surface area contributed by atoms with Crippen LogP contribution in [-0.2, 0) is 9.53 Å². The number of carbonyl (C=O) groups excluding carboxylic acids is 1. The van der Waals surface area contributed by atoms with E-state index in [1.165, 1.54) is 0 Å². The van der Waals surface area contributed by atoms with Crippen molar-refractivity contribution in [3.05, 3.63) is 0 Å². The zero-order chi connectivity index (χ0) is 9.68. The predicted molar refractivity (Wildman–Crippen MR) is 48.3 cm³/mol. The van der Waals surface area contributed by atoms with Crippen LogP contribution in [0.15, 0.2) is 0 Å². The second-order valence-electron chi connectivity index (χ2n) is 3.45. The van der Waals surface area contributed by atoms with Gasteiger partial charge in [0.15, 0.2) is 0 Å². The first kappa shape index (κ1) is 10.5. The monoisotopic (exact) mass is 187 g/mol. The molecule has 1 unspecified atom stereocenters. The molecule has 0 aliphatic carbocycles. The van der Waals surface area contributed by atoms with Gasteiger partial charge in [-0.3, -0.25) is 4.79 Å². The number of ether oxygens (including phenoxy) is 1. The Bertz CT molecular complexity index is 166. The summed E-state index contributed by atoms with van der Waals surface area (Å²) in [6, 6.07) is -0.182. The Morgan fingerprint density at radius 3 is 3.00 bits per heavy atom. The molecule has 2 N–H and O–H groups in total. The number of aliphatic hydroxyl groups excluding tert-OH is 1. The van der Waals surface area contributed by atoms with Gasteiger partial charge in [0.1, 0.15) is 6.10 Å². The fourth-order valence-electron chi connectivity index (χ4n) is 1.33. The lowest BCUT2D eigenvalue weighted by Gasteiger charge is -2.23. The molecule has 1 aliphatic heterocycles. The topological polar surface area (TPSA) is 58.6 Å². The van der Waals surface area contributed by atoms with E-state index in [1.807, 2.05) is 0 Å². The first-order valence-corrected chi connectivity index (χ1v) is 4.77. The Hall–Kier alpha value is -0.610. The van der Waals surface area contributed by atoms with Crippen LogP contribution in [0.1, 0.15) is 26.2 Å². The van der Waals surface area contributed by atoms with Gasteiger partial charge in [-0.25, -0.2) is 0 Å². The largest absolute Gasteiger partial charge is 0.394 e. The Labute approximate surface area is 78.3 Å². The molecule has 0 aromatic heterocycles. The number of carbonyl (C=O) groups is 1. The van der Waals surface area contributed by atoms with Crippen LogP contribution >= 0.6 is 0 Å². The van der Waals surface area contributed by atoms with E-state index in [4.69, 9.17) is 9.84 Å². The smallest absolute Gasteiger partial charge is 0.249 e. The first-order valence-electron chi connectivity index (χ1n) is 4.77. The van der Waals surface area contributed by atoms with Crippen molar-refractivity contribution >= 4 is 5.91 Å². The zero-order valence-corrected chi connectivity index (χ0v) is 7.95. The van der Waals surface area contributed by atoms with Crippen LogP contribution in [0.25, 0.3) is 0 Å². The summed E-state index contributed by atoms with van der Waals surface area (Å²) in [5, 5.41) is 11.4. The molecule has 0 aromatic rings. The van der Waals surface area contributed by atoms with E-state index in [-0.39, 0.29) is 24.7 Å². The van der Waals surface area contributed by atoms with Crippen LogP contribution in [0.3, 0.4) is 0 Å². The van der Waals surface area contributed by atoms with Crippen LogP contribution in [-0.4, -0.2) is 36.4 Å². The summed E-state index contributed by atoms with van der Waals surface area (Å²) in [5.74, 6) is -0.0961. The maximum atomic E-state index is 11.4. The van der Waals surface area contributed by atoms with Gasteiger partial charge in [0, 0.05) is 12.6 Å². The fourth-order valence-corrected chi connectivity index (χ4v) is 1.33. The number of amides is 1. The molecular formula is C9H17NO3. The molecule has 1 saturated heterocycles. The van der Waals surface area contributed by atoms with Crippen LogP contribution in [0.5, 0.6) is 0 Å². The minimum atomic E-state index is -0.303. The van der Waals surface area contributed by atoms with Crippen molar-refractivity contribution in [1.82, 2.24) is 5.32 Å². The van der Waals surface area contributed by atoms with Gasteiger partial charge in [-0.2, -0.15) is 0 Å². The lowest BCUT2D eigenvalue weighted by Crippen LogP contribution is -2.43. The molecular weight excluding hydrogens is 170 g/mol. The van der Waals surface area contributed by atoms with E-state index < -0.39 is 0 Å². The van der Waals surface area contributed by atoms with Crippen molar-refractivity contribution in [1.29, 1.82) is 0 Å². The highest BCUT2D eigenvalue weighted by molar-refractivity contribution is 5.81. The van der Waals surface area contributed by atoms with E-state index in [0.717, 1.165) is 19.3 Å². The molecule has 1 fully saturated rings. The predicted octanol–water partition coefficient (Wildman–Crippen LogP) is 0.0525. The number of rotatable bonds is 3. The molecule has 0 bridgehead atoms. The third kappa shape index (κ3) is 3.32. The van der Waals surface area contributed by atoms with Gasteiger partial charge in [-0.15, -0.1) is 0 Å². The second-order valence-corrected chi connectivity index (χ2v) is 3.45. The van der Waals surface area contributed by atoms with Gasteiger partial charge in [0.2, 0.25) is 5.91 Å². The summed E-state index contributed by atoms with van der Waals surface area (Å²) in [7, 11) is 0. The van der Waals surface area contributed by atoms with Gasteiger partial charge >= 0.3 is 0 Å². The third-order valence-electron chi connectivity index (χ3n) is 2.13. The molecule has 13 heavy (non-hydrogen) atoms. The minimum absolute atomic E-state index is 0.0293. The summed E-state index contributed by atoms with van der Waals surface area (Å²) < 4.78 is 5.29. The first-order chi connectivity index (χ1) is 6.24. The van der Waals surface area contributed by atoms with Gasteiger partial charge < -0.3 is 15.2 Å². The lowest BCUT2D eigenvalue weighted by atomic mass is 10.1. The van der Waals surface area contributed by atoms with E-state index >= 15 is 0 Å². The van der Waals surface area contributed by atoms with Crippen LogP contribution in [0.2, 0.25) is 0 Å². The summed E-state index contributed by atoms with van der Waals surface area (Å²) in [4.78, 5) is 11.4. The highest BCUT2D eigenvalue weighted by Gasteiger charge is 2.22. The summed E-state index contributed by atoms with van der Waals surface area (Å²) in [5.41, 5.74) is 0. The van der Waals surface area contributed by atoms with Crippen molar-refractivity contribution in [2.45, 2.75) is 38.3 Å². The van der Waals surface area contributed by atoms with Gasteiger partial charge in [0.05, 0.1) is 6.61 Å².